The Bertz CT molecular complexity index is 421. The Balaban J connectivity index is 1.86. The van der Waals surface area contributed by atoms with Gasteiger partial charge in [0.15, 0.2) is 0 Å². The highest BCUT2D eigenvalue weighted by Gasteiger charge is 2.24. The maximum absolute atomic E-state index is 11.9. The molecule has 2 unspecified atom stereocenters. The third-order valence-corrected chi connectivity index (χ3v) is 6.11. The third-order valence-electron chi connectivity index (χ3n) is 6.11. The SMILES string of the molecule is CCCCCCCCCCCCCCOC(=O)CCC(=O)OC1CCCCC1C. The van der Waals surface area contributed by atoms with Crippen molar-refractivity contribution >= 4 is 11.9 Å². The van der Waals surface area contributed by atoms with Gasteiger partial charge >= 0.3 is 11.9 Å². The van der Waals surface area contributed by atoms with Crippen LogP contribution in [0.3, 0.4) is 0 Å². The van der Waals surface area contributed by atoms with Crippen LogP contribution in [-0.4, -0.2) is 24.6 Å². The standard InChI is InChI=1S/C25H46O4/c1-3-4-5-6-7-8-9-10-11-12-13-16-21-28-24(26)19-20-25(27)29-23-18-15-14-17-22(23)2/h22-23H,3-21H2,1-2H3. The van der Waals surface area contributed by atoms with Crippen molar-refractivity contribution in [1.82, 2.24) is 0 Å². The molecule has 170 valence electrons. The molecule has 0 saturated heterocycles. The van der Waals surface area contributed by atoms with E-state index in [4.69, 9.17) is 9.47 Å². The molecule has 0 spiro atoms. The van der Waals surface area contributed by atoms with Crippen molar-refractivity contribution in [3.8, 4) is 0 Å². The molecule has 0 bridgehead atoms. The summed E-state index contributed by atoms with van der Waals surface area (Å²) in [5.41, 5.74) is 0. The topological polar surface area (TPSA) is 52.6 Å². The van der Waals surface area contributed by atoms with Gasteiger partial charge in [-0.3, -0.25) is 9.59 Å². The van der Waals surface area contributed by atoms with E-state index in [0.717, 1.165) is 32.1 Å². The second kappa shape index (κ2) is 17.8. The minimum Gasteiger partial charge on any atom is -0.466 e. The summed E-state index contributed by atoms with van der Waals surface area (Å²) in [6.07, 6.45) is 20.2. The molecule has 4 nitrogen and oxygen atoms in total. The molecule has 0 aromatic heterocycles. The molecule has 1 saturated carbocycles. The van der Waals surface area contributed by atoms with Gasteiger partial charge < -0.3 is 9.47 Å². The fourth-order valence-electron chi connectivity index (χ4n) is 4.09. The summed E-state index contributed by atoms with van der Waals surface area (Å²) in [6, 6.07) is 0. The van der Waals surface area contributed by atoms with Gasteiger partial charge in [0.1, 0.15) is 6.10 Å². The Morgan fingerprint density at radius 1 is 0.724 bits per heavy atom. The van der Waals surface area contributed by atoms with Crippen LogP contribution in [0.4, 0.5) is 0 Å². The predicted octanol–water partition coefficient (Wildman–Crippen LogP) is 7.13. The van der Waals surface area contributed by atoms with Crippen LogP contribution >= 0.6 is 0 Å². The van der Waals surface area contributed by atoms with Crippen molar-refractivity contribution < 1.29 is 19.1 Å². The van der Waals surface area contributed by atoms with Crippen molar-refractivity contribution in [3.05, 3.63) is 0 Å². The molecule has 0 heterocycles. The molecular formula is C25H46O4. The van der Waals surface area contributed by atoms with E-state index in [9.17, 15) is 9.59 Å². The first kappa shape index (κ1) is 26.0. The van der Waals surface area contributed by atoms with E-state index in [0.29, 0.717) is 12.5 Å². The van der Waals surface area contributed by atoms with Gasteiger partial charge in [0.25, 0.3) is 0 Å². The predicted molar refractivity (Wildman–Crippen MR) is 119 cm³/mol. The molecule has 0 aliphatic heterocycles. The number of unbranched alkanes of at least 4 members (excludes halogenated alkanes) is 11. The molecule has 0 aromatic rings. The molecule has 2 atom stereocenters. The molecule has 0 aromatic carbocycles. The van der Waals surface area contributed by atoms with E-state index in [2.05, 4.69) is 13.8 Å². The van der Waals surface area contributed by atoms with Crippen LogP contribution in [0.25, 0.3) is 0 Å². The van der Waals surface area contributed by atoms with Gasteiger partial charge in [-0.15, -0.1) is 0 Å². The van der Waals surface area contributed by atoms with Crippen LogP contribution in [0, 0.1) is 5.92 Å². The van der Waals surface area contributed by atoms with Crippen LogP contribution in [0.5, 0.6) is 0 Å². The van der Waals surface area contributed by atoms with Crippen LogP contribution in [0.2, 0.25) is 0 Å². The number of rotatable bonds is 17. The second-order valence-corrected chi connectivity index (χ2v) is 8.90. The fourth-order valence-corrected chi connectivity index (χ4v) is 4.09. The van der Waals surface area contributed by atoms with E-state index in [-0.39, 0.29) is 30.9 Å². The Hall–Kier alpha value is -1.06. The number of carbonyl (C=O) groups is 2. The highest BCUT2D eigenvalue weighted by atomic mass is 16.5. The van der Waals surface area contributed by atoms with E-state index in [1.54, 1.807) is 0 Å². The van der Waals surface area contributed by atoms with Crippen molar-refractivity contribution in [2.45, 2.75) is 136 Å². The zero-order valence-electron chi connectivity index (χ0n) is 19.2. The lowest BCUT2D eigenvalue weighted by Gasteiger charge is -2.28. The van der Waals surface area contributed by atoms with Crippen LogP contribution < -0.4 is 0 Å². The van der Waals surface area contributed by atoms with Crippen LogP contribution in [0.1, 0.15) is 129 Å². The summed E-state index contributed by atoms with van der Waals surface area (Å²) in [5.74, 6) is -0.0989. The van der Waals surface area contributed by atoms with Gasteiger partial charge in [-0.05, 0) is 31.6 Å². The third kappa shape index (κ3) is 14.5. The molecular weight excluding hydrogens is 364 g/mol. The normalized spacial score (nSPS) is 19.1. The van der Waals surface area contributed by atoms with Gasteiger partial charge in [0.05, 0.1) is 19.4 Å². The average Bonchev–Trinajstić information content (AvgIpc) is 2.71. The molecule has 4 heteroatoms. The molecule has 1 aliphatic rings. The Labute approximate surface area is 179 Å². The highest BCUT2D eigenvalue weighted by Crippen LogP contribution is 2.26. The van der Waals surface area contributed by atoms with Gasteiger partial charge in [-0.1, -0.05) is 90.9 Å². The van der Waals surface area contributed by atoms with Gasteiger partial charge in [-0.25, -0.2) is 0 Å². The van der Waals surface area contributed by atoms with E-state index in [1.165, 1.54) is 70.6 Å². The first-order valence-electron chi connectivity index (χ1n) is 12.5. The largest absolute Gasteiger partial charge is 0.466 e. The highest BCUT2D eigenvalue weighted by molar-refractivity contribution is 5.77. The Morgan fingerprint density at radius 2 is 1.24 bits per heavy atom. The Kier molecular flexibility index (Phi) is 15.9. The van der Waals surface area contributed by atoms with Crippen LogP contribution in [0.15, 0.2) is 0 Å². The van der Waals surface area contributed by atoms with Gasteiger partial charge in [-0.2, -0.15) is 0 Å². The minimum absolute atomic E-state index is 0.0355. The maximum Gasteiger partial charge on any atom is 0.306 e. The number of hydrogen-bond acceptors (Lipinski definition) is 4. The van der Waals surface area contributed by atoms with Crippen molar-refractivity contribution in [2.75, 3.05) is 6.61 Å². The minimum atomic E-state index is -0.276. The van der Waals surface area contributed by atoms with Gasteiger partial charge in [0, 0.05) is 0 Å². The summed E-state index contributed by atoms with van der Waals surface area (Å²) in [7, 11) is 0. The monoisotopic (exact) mass is 410 g/mol. The van der Waals surface area contributed by atoms with Crippen LogP contribution in [-0.2, 0) is 19.1 Å². The van der Waals surface area contributed by atoms with Crippen molar-refractivity contribution in [1.29, 1.82) is 0 Å². The summed E-state index contributed by atoms with van der Waals surface area (Å²) in [5, 5.41) is 0. The quantitative estimate of drug-likeness (QED) is 0.189. The van der Waals surface area contributed by atoms with Gasteiger partial charge in [0.2, 0.25) is 0 Å². The molecule has 1 aliphatic carbocycles. The van der Waals surface area contributed by atoms with Crippen molar-refractivity contribution in [3.63, 3.8) is 0 Å². The molecule has 1 rings (SSSR count). The first-order valence-corrected chi connectivity index (χ1v) is 12.5. The fraction of sp³-hybridized carbons (Fsp3) is 0.920. The lowest BCUT2D eigenvalue weighted by atomic mass is 9.88. The zero-order chi connectivity index (χ0) is 21.2. The summed E-state index contributed by atoms with van der Waals surface area (Å²) in [4.78, 5) is 23.7. The maximum atomic E-state index is 11.9. The van der Waals surface area contributed by atoms with Crippen molar-refractivity contribution in [2.24, 2.45) is 5.92 Å². The lowest BCUT2D eigenvalue weighted by molar-refractivity contribution is -0.156. The number of hydrogen-bond donors (Lipinski definition) is 0. The molecule has 29 heavy (non-hydrogen) atoms. The number of esters is 2. The lowest BCUT2D eigenvalue weighted by Crippen LogP contribution is -2.28. The average molecular weight is 411 g/mol. The van der Waals surface area contributed by atoms with E-state index >= 15 is 0 Å². The molecule has 0 radical (unpaired) electrons. The van der Waals surface area contributed by atoms with E-state index in [1.807, 2.05) is 0 Å². The zero-order valence-corrected chi connectivity index (χ0v) is 19.2. The summed E-state index contributed by atoms with van der Waals surface area (Å²) >= 11 is 0. The summed E-state index contributed by atoms with van der Waals surface area (Å²) < 4.78 is 10.8. The number of ether oxygens (including phenoxy) is 2. The smallest absolute Gasteiger partial charge is 0.306 e. The first-order chi connectivity index (χ1) is 14.1. The molecule has 0 N–H and O–H groups in total. The molecule has 1 fully saturated rings. The van der Waals surface area contributed by atoms with E-state index < -0.39 is 0 Å². The molecule has 0 amide bonds. The second-order valence-electron chi connectivity index (χ2n) is 8.90. The Morgan fingerprint density at radius 3 is 1.83 bits per heavy atom. The summed E-state index contributed by atoms with van der Waals surface area (Å²) in [6.45, 7) is 4.88. The number of carbonyl (C=O) groups excluding carboxylic acids is 2.